The highest BCUT2D eigenvalue weighted by atomic mass is 35.5. The van der Waals surface area contributed by atoms with Gasteiger partial charge in [-0.25, -0.2) is 0 Å². The van der Waals surface area contributed by atoms with Gasteiger partial charge in [0.2, 0.25) is 0 Å². The molecule has 2 rings (SSSR count). The molecule has 3 N–H and O–H groups in total. The van der Waals surface area contributed by atoms with Gasteiger partial charge in [0, 0.05) is 29.0 Å². The molecular formula is C43H77ClN4S. The zero-order chi connectivity index (χ0) is 35.0. The summed E-state index contributed by atoms with van der Waals surface area (Å²) in [6, 6.07) is 6.03. The summed E-state index contributed by atoms with van der Waals surface area (Å²) in [5.74, 6) is 1.04. The van der Waals surface area contributed by atoms with E-state index in [0.29, 0.717) is 11.6 Å². The summed E-state index contributed by atoms with van der Waals surface area (Å²) < 4.78 is 0. The summed E-state index contributed by atoms with van der Waals surface area (Å²) in [5, 5.41) is 7.01. The van der Waals surface area contributed by atoms with Crippen molar-refractivity contribution in [3.8, 4) is 0 Å². The molecule has 282 valence electrons. The van der Waals surface area contributed by atoms with Crippen molar-refractivity contribution in [2.45, 2.75) is 225 Å². The molecule has 1 aromatic carbocycles. The first kappa shape index (κ1) is 44.0. The number of rotatable bonds is 35. The average molecular weight is 718 g/mol. The predicted molar refractivity (Wildman–Crippen MR) is 223 cm³/mol. The number of nitrogens with two attached hydrogens (primary N) is 1. The van der Waals surface area contributed by atoms with Crippen molar-refractivity contribution >= 4 is 40.7 Å². The van der Waals surface area contributed by atoms with Crippen molar-refractivity contribution in [1.82, 2.24) is 5.43 Å². The van der Waals surface area contributed by atoms with Gasteiger partial charge in [-0.05, 0) is 24.1 Å². The van der Waals surface area contributed by atoms with Crippen LogP contribution in [-0.2, 0) is 6.54 Å². The third-order valence-electron chi connectivity index (χ3n) is 10.5. The summed E-state index contributed by atoms with van der Waals surface area (Å²) in [6.07, 6.45) is 45.2. The van der Waals surface area contributed by atoms with Crippen LogP contribution >= 0.6 is 23.8 Å². The van der Waals surface area contributed by atoms with Crippen LogP contribution in [0.25, 0.3) is 0 Å². The van der Waals surface area contributed by atoms with Gasteiger partial charge in [0.25, 0.3) is 0 Å². The van der Waals surface area contributed by atoms with Gasteiger partial charge in [-0.1, -0.05) is 229 Å². The van der Waals surface area contributed by atoms with E-state index in [0.717, 1.165) is 29.9 Å². The van der Waals surface area contributed by atoms with E-state index in [-0.39, 0.29) is 6.17 Å². The van der Waals surface area contributed by atoms with Crippen LogP contribution in [0.4, 0.5) is 5.69 Å². The smallest absolute Gasteiger partial charge is 0.150 e. The molecular weight excluding hydrogens is 640 g/mol. The van der Waals surface area contributed by atoms with E-state index in [1.165, 1.54) is 193 Å². The Kier molecular flexibility index (Phi) is 28.3. The summed E-state index contributed by atoms with van der Waals surface area (Å²) in [6.45, 7) is 2.74. The topological polar surface area (TPSA) is 53.7 Å². The molecule has 0 saturated heterocycles. The standard InChI is InChI=1S/C43H77ClN4S/c1-2-3-4-5-6-7-8-9-10-11-12-13-14-15-16-17-18-19-20-21-22-23-24-25-26-27-28-29-30-31-32-33-42-46-47-43(38-49)48(42)40-35-34-39(37-45)41(44)36-40/h34-36,38,43,47H,2-33,37,45H2,1H3. The molecule has 49 heavy (non-hydrogen) atoms. The molecule has 1 aliphatic rings. The Morgan fingerprint density at radius 2 is 1.00 bits per heavy atom. The predicted octanol–water partition coefficient (Wildman–Crippen LogP) is 14.4. The molecule has 0 aromatic heterocycles. The lowest BCUT2D eigenvalue weighted by molar-refractivity contribution is 0.512. The molecule has 6 heteroatoms. The van der Waals surface area contributed by atoms with Crippen molar-refractivity contribution in [2.75, 3.05) is 4.90 Å². The molecule has 0 amide bonds. The van der Waals surface area contributed by atoms with Crippen LogP contribution in [0.15, 0.2) is 23.3 Å². The number of nitrogens with zero attached hydrogens (tertiary/aromatic N) is 2. The lowest BCUT2D eigenvalue weighted by atomic mass is 10.0. The maximum Gasteiger partial charge on any atom is 0.150 e. The molecule has 4 nitrogen and oxygen atoms in total. The van der Waals surface area contributed by atoms with Gasteiger partial charge in [0.1, 0.15) is 12.0 Å². The number of unbranched alkanes of at least 4 members (excludes halogenated alkanes) is 30. The maximum absolute atomic E-state index is 6.43. The number of thiocarbonyl (C=S) groups is 1. The molecule has 0 spiro atoms. The van der Waals surface area contributed by atoms with Gasteiger partial charge in [0.15, 0.2) is 0 Å². The molecule has 1 aliphatic heterocycles. The van der Waals surface area contributed by atoms with Gasteiger partial charge in [-0.3, -0.25) is 5.43 Å². The number of halogens is 1. The van der Waals surface area contributed by atoms with Gasteiger partial charge in [-0.2, -0.15) is 5.10 Å². The van der Waals surface area contributed by atoms with Crippen molar-refractivity contribution in [1.29, 1.82) is 0 Å². The van der Waals surface area contributed by atoms with Gasteiger partial charge in [0.05, 0.1) is 0 Å². The fourth-order valence-electron chi connectivity index (χ4n) is 7.32. The van der Waals surface area contributed by atoms with Crippen molar-refractivity contribution in [3.05, 3.63) is 28.8 Å². The van der Waals surface area contributed by atoms with Crippen molar-refractivity contribution < 1.29 is 0 Å². The summed E-state index contributed by atoms with van der Waals surface area (Å²) in [4.78, 5) is 2.17. The summed E-state index contributed by atoms with van der Waals surface area (Å²) >= 11 is 11.7. The quantitative estimate of drug-likeness (QED) is 0.0542. The fraction of sp³-hybridized carbons (Fsp3) is 0.814. The van der Waals surface area contributed by atoms with E-state index in [2.05, 4.69) is 28.4 Å². The van der Waals surface area contributed by atoms with E-state index in [1.54, 1.807) is 5.37 Å². The zero-order valence-electron chi connectivity index (χ0n) is 32.0. The zero-order valence-corrected chi connectivity index (χ0v) is 33.6. The fourth-order valence-corrected chi connectivity index (χ4v) is 7.76. The summed E-state index contributed by atoms with van der Waals surface area (Å²) in [7, 11) is 0. The molecule has 1 aromatic rings. The Labute approximate surface area is 314 Å². The second kappa shape index (κ2) is 31.6. The third-order valence-corrected chi connectivity index (χ3v) is 11.2. The van der Waals surface area contributed by atoms with E-state index in [9.17, 15) is 0 Å². The number of benzene rings is 1. The van der Waals surface area contributed by atoms with E-state index >= 15 is 0 Å². The second-order valence-electron chi connectivity index (χ2n) is 14.9. The van der Waals surface area contributed by atoms with Crippen LogP contribution in [0.2, 0.25) is 5.02 Å². The van der Waals surface area contributed by atoms with Crippen LogP contribution in [0.1, 0.15) is 218 Å². The van der Waals surface area contributed by atoms with Crippen LogP contribution in [-0.4, -0.2) is 17.4 Å². The average Bonchev–Trinajstić information content (AvgIpc) is 3.53. The molecule has 1 atom stereocenters. The first-order chi connectivity index (χ1) is 24.2. The van der Waals surface area contributed by atoms with Gasteiger partial charge < -0.3 is 10.6 Å². The molecule has 0 aliphatic carbocycles. The van der Waals surface area contributed by atoms with Gasteiger partial charge >= 0.3 is 0 Å². The number of hydrogen-bond donors (Lipinski definition) is 2. The van der Waals surface area contributed by atoms with E-state index < -0.39 is 0 Å². The first-order valence-electron chi connectivity index (χ1n) is 21.3. The van der Waals surface area contributed by atoms with Gasteiger partial charge in [-0.15, -0.1) is 0 Å². The molecule has 0 bridgehead atoms. The minimum Gasteiger partial charge on any atom is -0.326 e. The Hall–Kier alpha value is -1.17. The number of anilines is 1. The molecule has 0 radical (unpaired) electrons. The summed E-state index contributed by atoms with van der Waals surface area (Å²) in [5.41, 5.74) is 10.9. The lowest BCUT2D eigenvalue weighted by Gasteiger charge is -2.25. The minimum absolute atomic E-state index is 0.108. The minimum atomic E-state index is -0.108. The van der Waals surface area contributed by atoms with Crippen molar-refractivity contribution in [3.63, 3.8) is 0 Å². The highest BCUT2D eigenvalue weighted by Gasteiger charge is 2.27. The number of hydrazone groups is 1. The maximum atomic E-state index is 6.43. The monoisotopic (exact) mass is 717 g/mol. The Morgan fingerprint density at radius 1 is 0.633 bits per heavy atom. The highest BCUT2D eigenvalue weighted by Crippen LogP contribution is 2.28. The molecule has 0 fully saturated rings. The van der Waals surface area contributed by atoms with Crippen LogP contribution in [0.3, 0.4) is 0 Å². The van der Waals surface area contributed by atoms with E-state index in [1.807, 2.05) is 12.1 Å². The Bertz CT molecular complexity index is 954. The largest absolute Gasteiger partial charge is 0.326 e. The Morgan fingerprint density at radius 3 is 1.33 bits per heavy atom. The first-order valence-corrected chi connectivity index (χ1v) is 22.1. The number of nitrogens with one attached hydrogen (secondary N) is 1. The lowest BCUT2D eigenvalue weighted by Crippen LogP contribution is -2.41. The third kappa shape index (κ3) is 21.7. The SMILES string of the molecule is CCCCCCCCCCCCCCCCCCCCCCCCCCCCCCCCCC1=NNC(C=S)N1c1ccc(CN)c(Cl)c1. The highest BCUT2D eigenvalue weighted by molar-refractivity contribution is 7.79. The second-order valence-corrected chi connectivity index (χ2v) is 15.6. The van der Waals surface area contributed by atoms with E-state index in [4.69, 9.17) is 29.6 Å². The van der Waals surface area contributed by atoms with Crippen LogP contribution in [0, 0.1) is 0 Å². The Balaban J connectivity index is 1.27. The number of hydrogen-bond acceptors (Lipinski definition) is 5. The molecule has 0 saturated carbocycles. The van der Waals surface area contributed by atoms with Crippen molar-refractivity contribution in [2.24, 2.45) is 10.8 Å². The van der Waals surface area contributed by atoms with Crippen LogP contribution < -0.4 is 16.1 Å². The normalized spacial score (nSPS) is 14.4. The number of amidine groups is 1. The molecule has 1 unspecified atom stereocenters. The molecule has 1 heterocycles. The van der Waals surface area contributed by atoms with Crippen LogP contribution in [0.5, 0.6) is 0 Å².